The number of nitrogens with zero attached hydrogens (tertiary/aromatic N) is 1. The number of aryl methyl sites for hydroxylation is 1. The van der Waals surface area contributed by atoms with Gasteiger partial charge in [0, 0.05) is 5.69 Å². The van der Waals surface area contributed by atoms with Crippen molar-refractivity contribution in [3.63, 3.8) is 0 Å². The standard InChI is InChI=1S/C14H15N3O2/c1-9-3-5-10(6-4-9)16-13-11(15)7-8-12(17-13)14(18)19-2/h3-8H,15H2,1-2H3,(H,16,17). The van der Waals surface area contributed by atoms with Gasteiger partial charge in [-0.05, 0) is 31.2 Å². The molecule has 19 heavy (non-hydrogen) atoms. The lowest BCUT2D eigenvalue weighted by Crippen LogP contribution is -2.07. The predicted molar refractivity (Wildman–Crippen MR) is 74.5 cm³/mol. The number of nitrogens with one attached hydrogen (secondary N) is 1. The number of ether oxygens (including phenoxy) is 1. The van der Waals surface area contributed by atoms with Crippen molar-refractivity contribution in [3.8, 4) is 0 Å². The lowest BCUT2D eigenvalue weighted by atomic mass is 10.2. The zero-order chi connectivity index (χ0) is 13.8. The number of methoxy groups -OCH3 is 1. The molecule has 0 aliphatic heterocycles. The van der Waals surface area contributed by atoms with Crippen LogP contribution in [-0.4, -0.2) is 18.1 Å². The third kappa shape index (κ3) is 3.01. The van der Waals surface area contributed by atoms with E-state index in [4.69, 9.17) is 5.73 Å². The van der Waals surface area contributed by atoms with Crippen LogP contribution in [0.4, 0.5) is 17.2 Å². The number of nitrogen functional groups attached to an aromatic ring is 1. The van der Waals surface area contributed by atoms with Gasteiger partial charge in [-0.1, -0.05) is 17.7 Å². The summed E-state index contributed by atoms with van der Waals surface area (Å²) in [6, 6.07) is 10.9. The van der Waals surface area contributed by atoms with Crippen LogP contribution in [0.15, 0.2) is 36.4 Å². The second-order valence-corrected chi connectivity index (χ2v) is 4.12. The lowest BCUT2D eigenvalue weighted by Gasteiger charge is -2.09. The molecule has 0 unspecified atom stereocenters. The Morgan fingerprint density at radius 3 is 2.53 bits per heavy atom. The molecule has 0 bridgehead atoms. The Labute approximate surface area is 111 Å². The van der Waals surface area contributed by atoms with Crippen molar-refractivity contribution in [3.05, 3.63) is 47.7 Å². The van der Waals surface area contributed by atoms with Crippen LogP contribution in [0.5, 0.6) is 0 Å². The number of esters is 1. The summed E-state index contributed by atoms with van der Waals surface area (Å²) >= 11 is 0. The Balaban J connectivity index is 2.28. The minimum atomic E-state index is -0.494. The monoisotopic (exact) mass is 257 g/mol. The van der Waals surface area contributed by atoms with Crippen molar-refractivity contribution >= 4 is 23.2 Å². The third-order valence-electron chi connectivity index (χ3n) is 2.64. The minimum absolute atomic E-state index is 0.214. The van der Waals surface area contributed by atoms with Gasteiger partial charge in [0.1, 0.15) is 0 Å². The summed E-state index contributed by atoms with van der Waals surface area (Å²) in [5.41, 5.74) is 8.53. The van der Waals surface area contributed by atoms with Crippen LogP contribution in [0.2, 0.25) is 0 Å². The van der Waals surface area contributed by atoms with Crippen molar-refractivity contribution in [2.24, 2.45) is 0 Å². The first-order chi connectivity index (χ1) is 9.10. The molecule has 2 aromatic rings. The number of hydrogen-bond donors (Lipinski definition) is 2. The molecule has 0 aliphatic rings. The van der Waals surface area contributed by atoms with Crippen LogP contribution in [0.3, 0.4) is 0 Å². The molecule has 0 saturated carbocycles. The highest BCUT2D eigenvalue weighted by molar-refractivity contribution is 5.88. The van der Waals surface area contributed by atoms with E-state index in [1.165, 1.54) is 13.2 Å². The number of nitrogens with two attached hydrogens (primary N) is 1. The van der Waals surface area contributed by atoms with Gasteiger partial charge in [0.2, 0.25) is 0 Å². The number of carbonyl (C=O) groups excluding carboxylic acids is 1. The fourth-order valence-corrected chi connectivity index (χ4v) is 1.56. The molecule has 0 fully saturated rings. The Morgan fingerprint density at radius 1 is 1.21 bits per heavy atom. The van der Waals surface area contributed by atoms with Gasteiger partial charge in [-0.2, -0.15) is 0 Å². The Hall–Kier alpha value is -2.56. The quantitative estimate of drug-likeness (QED) is 0.826. The van der Waals surface area contributed by atoms with E-state index in [2.05, 4.69) is 15.0 Å². The van der Waals surface area contributed by atoms with Crippen molar-refractivity contribution < 1.29 is 9.53 Å². The zero-order valence-electron chi connectivity index (χ0n) is 10.8. The van der Waals surface area contributed by atoms with Crippen LogP contribution in [0, 0.1) is 6.92 Å². The fourth-order valence-electron chi connectivity index (χ4n) is 1.56. The largest absolute Gasteiger partial charge is 0.464 e. The lowest BCUT2D eigenvalue weighted by molar-refractivity contribution is 0.0594. The summed E-state index contributed by atoms with van der Waals surface area (Å²) in [5, 5.41) is 3.07. The molecule has 0 amide bonds. The first kappa shape index (κ1) is 12.9. The van der Waals surface area contributed by atoms with E-state index >= 15 is 0 Å². The number of hydrogen-bond acceptors (Lipinski definition) is 5. The molecule has 98 valence electrons. The van der Waals surface area contributed by atoms with E-state index < -0.39 is 5.97 Å². The molecule has 1 aromatic heterocycles. The van der Waals surface area contributed by atoms with Crippen LogP contribution < -0.4 is 11.1 Å². The highest BCUT2D eigenvalue weighted by atomic mass is 16.5. The SMILES string of the molecule is COC(=O)c1ccc(N)c(Nc2ccc(C)cc2)n1. The second-order valence-electron chi connectivity index (χ2n) is 4.12. The summed E-state index contributed by atoms with van der Waals surface area (Å²) in [6.45, 7) is 2.01. The van der Waals surface area contributed by atoms with Crippen LogP contribution in [-0.2, 0) is 4.74 Å². The van der Waals surface area contributed by atoms with E-state index in [-0.39, 0.29) is 5.69 Å². The molecule has 5 nitrogen and oxygen atoms in total. The predicted octanol–water partition coefficient (Wildman–Crippen LogP) is 2.50. The van der Waals surface area contributed by atoms with Gasteiger partial charge in [0.15, 0.2) is 11.5 Å². The molecule has 3 N–H and O–H groups in total. The van der Waals surface area contributed by atoms with E-state index in [0.29, 0.717) is 11.5 Å². The number of benzene rings is 1. The zero-order valence-corrected chi connectivity index (χ0v) is 10.8. The molecular weight excluding hydrogens is 242 g/mol. The maximum absolute atomic E-state index is 11.4. The first-order valence-electron chi connectivity index (χ1n) is 5.78. The summed E-state index contributed by atoms with van der Waals surface area (Å²) < 4.78 is 4.63. The van der Waals surface area contributed by atoms with Crippen molar-refractivity contribution in [2.45, 2.75) is 6.92 Å². The molecule has 0 radical (unpaired) electrons. The van der Waals surface area contributed by atoms with Gasteiger partial charge in [0.25, 0.3) is 0 Å². The molecule has 0 atom stereocenters. The van der Waals surface area contributed by atoms with E-state index in [9.17, 15) is 4.79 Å². The third-order valence-corrected chi connectivity index (χ3v) is 2.64. The van der Waals surface area contributed by atoms with E-state index in [0.717, 1.165) is 11.3 Å². The average Bonchev–Trinajstić information content (AvgIpc) is 2.43. The molecule has 5 heteroatoms. The van der Waals surface area contributed by atoms with Gasteiger partial charge in [-0.15, -0.1) is 0 Å². The van der Waals surface area contributed by atoms with Gasteiger partial charge in [0.05, 0.1) is 12.8 Å². The summed E-state index contributed by atoms with van der Waals surface area (Å²) in [5.74, 6) is -0.0568. The Kier molecular flexibility index (Phi) is 3.66. The first-order valence-corrected chi connectivity index (χ1v) is 5.78. The molecule has 0 saturated heterocycles. The molecule has 0 spiro atoms. The van der Waals surface area contributed by atoms with Gasteiger partial charge in [-0.3, -0.25) is 0 Å². The summed E-state index contributed by atoms with van der Waals surface area (Å²) in [7, 11) is 1.31. The number of rotatable bonds is 3. The van der Waals surface area contributed by atoms with Crippen molar-refractivity contribution in [1.29, 1.82) is 0 Å². The highest BCUT2D eigenvalue weighted by Gasteiger charge is 2.10. The smallest absolute Gasteiger partial charge is 0.356 e. The van der Waals surface area contributed by atoms with Gasteiger partial charge < -0.3 is 15.8 Å². The summed E-state index contributed by atoms with van der Waals surface area (Å²) in [4.78, 5) is 15.6. The van der Waals surface area contributed by atoms with Gasteiger partial charge in [-0.25, -0.2) is 9.78 Å². The highest BCUT2D eigenvalue weighted by Crippen LogP contribution is 2.21. The fraction of sp³-hybridized carbons (Fsp3) is 0.143. The summed E-state index contributed by atoms with van der Waals surface area (Å²) in [6.07, 6.45) is 0. The molecule has 0 aliphatic carbocycles. The molecule has 1 aromatic carbocycles. The number of pyridine rings is 1. The van der Waals surface area contributed by atoms with Crippen LogP contribution in [0.1, 0.15) is 16.1 Å². The van der Waals surface area contributed by atoms with Crippen molar-refractivity contribution in [2.75, 3.05) is 18.2 Å². The maximum atomic E-state index is 11.4. The molecule has 1 heterocycles. The molecular formula is C14H15N3O2. The Bertz CT molecular complexity index is 594. The number of anilines is 3. The topological polar surface area (TPSA) is 77.2 Å². The number of aromatic nitrogens is 1. The molecule has 2 rings (SSSR count). The minimum Gasteiger partial charge on any atom is -0.464 e. The second kappa shape index (κ2) is 5.39. The normalized spacial score (nSPS) is 10.0. The van der Waals surface area contributed by atoms with Crippen LogP contribution in [0.25, 0.3) is 0 Å². The van der Waals surface area contributed by atoms with Crippen molar-refractivity contribution in [1.82, 2.24) is 4.98 Å². The maximum Gasteiger partial charge on any atom is 0.356 e. The van der Waals surface area contributed by atoms with Gasteiger partial charge >= 0.3 is 5.97 Å². The van der Waals surface area contributed by atoms with E-state index in [1.54, 1.807) is 6.07 Å². The van der Waals surface area contributed by atoms with Crippen LogP contribution >= 0.6 is 0 Å². The Morgan fingerprint density at radius 2 is 1.89 bits per heavy atom. The van der Waals surface area contributed by atoms with E-state index in [1.807, 2.05) is 31.2 Å². The average molecular weight is 257 g/mol. The number of carbonyl (C=O) groups is 1.